The van der Waals surface area contributed by atoms with Gasteiger partial charge in [0.1, 0.15) is 0 Å². The molecule has 3 nitrogen and oxygen atoms in total. The van der Waals surface area contributed by atoms with Crippen molar-refractivity contribution >= 4 is 5.69 Å². The highest BCUT2D eigenvalue weighted by molar-refractivity contribution is 5.41. The molecule has 0 fully saturated rings. The molecule has 1 aromatic rings. The number of rotatable bonds is 1. The van der Waals surface area contributed by atoms with E-state index in [4.69, 9.17) is 5.53 Å². The van der Waals surface area contributed by atoms with E-state index in [1.165, 1.54) is 19.1 Å². The number of nitrogens with zero attached hydrogens (tertiary/aromatic N) is 3. The van der Waals surface area contributed by atoms with E-state index >= 15 is 0 Å². The van der Waals surface area contributed by atoms with E-state index in [0.29, 0.717) is 0 Å². The van der Waals surface area contributed by atoms with Crippen LogP contribution in [-0.2, 0) is 0 Å². The molecule has 62 valence electrons. The summed E-state index contributed by atoms with van der Waals surface area (Å²) in [6, 6.07) is 2.58. The van der Waals surface area contributed by atoms with E-state index in [2.05, 4.69) is 10.0 Å². The van der Waals surface area contributed by atoms with E-state index in [1.54, 1.807) is 0 Å². The molecule has 0 aliphatic rings. The minimum Gasteiger partial charge on any atom is -0.203 e. The lowest BCUT2D eigenvalue weighted by molar-refractivity contribution is 0.505. The number of halogens is 2. The zero-order valence-electron chi connectivity index (χ0n) is 6.25. The van der Waals surface area contributed by atoms with Crippen LogP contribution in [0.5, 0.6) is 0 Å². The predicted molar refractivity (Wildman–Crippen MR) is 39.9 cm³/mol. The third-order valence-electron chi connectivity index (χ3n) is 1.41. The highest BCUT2D eigenvalue weighted by Gasteiger charge is 2.08. The van der Waals surface area contributed by atoms with Crippen molar-refractivity contribution in [2.75, 3.05) is 0 Å². The van der Waals surface area contributed by atoms with Gasteiger partial charge < -0.3 is 0 Å². The fourth-order valence-electron chi connectivity index (χ4n) is 0.761. The summed E-state index contributed by atoms with van der Waals surface area (Å²) in [6.45, 7) is 1.43. The molecule has 0 aliphatic carbocycles. The summed E-state index contributed by atoms with van der Waals surface area (Å²) < 4.78 is 25.6. The van der Waals surface area contributed by atoms with E-state index in [-0.39, 0.29) is 11.3 Å². The normalized spacial score (nSPS) is 9.25. The summed E-state index contributed by atoms with van der Waals surface area (Å²) in [7, 11) is 0. The SMILES string of the molecule is Cc1ccc(N=[N+]=[N-])c(F)c1F. The van der Waals surface area contributed by atoms with Gasteiger partial charge in [0.15, 0.2) is 11.6 Å². The number of benzene rings is 1. The van der Waals surface area contributed by atoms with E-state index < -0.39 is 11.6 Å². The van der Waals surface area contributed by atoms with Crippen molar-refractivity contribution in [3.63, 3.8) is 0 Å². The molecule has 1 rings (SSSR count). The van der Waals surface area contributed by atoms with Gasteiger partial charge >= 0.3 is 0 Å². The zero-order chi connectivity index (χ0) is 9.14. The molecular weight excluding hydrogens is 164 g/mol. The van der Waals surface area contributed by atoms with Gasteiger partial charge in [-0.2, -0.15) is 0 Å². The van der Waals surface area contributed by atoms with Crippen molar-refractivity contribution in [2.24, 2.45) is 5.11 Å². The molecule has 0 aromatic heterocycles. The van der Waals surface area contributed by atoms with Crippen molar-refractivity contribution < 1.29 is 8.78 Å². The van der Waals surface area contributed by atoms with Crippen LogP contribution in [0.15, 0.2) is 17.2 Å². The van der Waals surface area contributed by atoms with Gasteiger partial charge in [0.05, 0.1) is 5.69 Å². The molecule has 0 saturated heterocycles. The van der Waals surface area contributed by atoms with Crippen LogP contribution in [0.1, 0.15) is 5.56 Å². The molecule has 0 heterocycles. The highest BCUT2D eigenvalue weighted by Crippen LogP contribution is 2.22. The quantitative estimate of drug-likeness (QED) is 0.352. The topological polar surface area (TPSA) is 48.8 Å². The molecule has 12 heavy (non-hydrogen) atoms. The van der Waals surface area contributed by atoms with E-state index in [9.17, 15) is 8.78 Å². The molecule has 5 heteroatoms. The summed E-state index contributed by atoms with van der Waals surface area (Å²) in [5.74, 6) is -2.08. The Balaban J connectivity index is 3.35. The molecule has 0 amide bonds. The van der Waals surface area contributed by atoms with Crippen molar-refractivity contribution in [1.82, 2.24) is 0 Å². The first-order valence-corrected chi connectivity index (χ1v) is 3.16. The second-order valence-electron chi connectivity index (χ2n) is 2.22. The van der Waals surface area contributed by atoms with Crippen LogP contribution in [0.4, 0.5) is 14.5 Å². The molecule has 0 N–H and O–H groups in total. The molecule has 0 aliphatic heterocycles. The van der Waals surface area contributed by atoms with Gasteiger partial charge in [0.2, 0.25) is 0 Å². The van der Waals surface area contributed by atoms with Crippen molar-refractivity contribution in [1.29, 1.82) is 0 Å². The number of azide groups is 1. The summed E-state index contributed by atoms with van der Waals surface area (Å²) in [4.78, 5) is 2.36. The van der Waals surface area contributed by atoms with Gasteiger partial charge in [0, 0.05) is 4.91 Å². The van der Waals surface area contributed by atoms with Crippen LogP contribution < -0.4 is 0 Å². The second-order valence-corrected chi connectivity index (χ2v) is 2.22. The Labute approximate surface area is 67.3 Å². The Morgan fingerprint density at radius 2 is 2.00 bits per heavy atom. The largest absolute Gasteiger partial charge is 0.203 e. The number of hydrogen-bond donors (Lipinski definition) is 0. The predicted octanol–water partition coefficient (Wildman–Crippen LogP) is 3.22. The van der Waals surface area contributed by atoms with E-state index in [1.807, 2.05) is 0 Å². The van der Waals surface area contributed by atoms with Crippen molar-refractivity contribution in [3.8, 4) is 0 Å². The molecule has 0 saturated carbocycles. The lowest BCUT2D eigenvalue weighted by Gasteiger charge is -1.99. The van der Waals surface area contributed by atoms with E-state index in [0.717, 1.165) is 0 Å². The second kappa shape index (κ2) is 3.19. The van der Waals surface area contributed by atoms with Gasteiger partial charge in [-0.25, -0.2) is 8.78 Å². The van der Waals surface area contributed by atoms with Gasteiger partial charge in [-0.1, -0.05) is 11.2 Å². The average molecular weight is 169 g/mol. The summed E-state index contributed by atoms with van der Waals surface area (Å²) in [6.07, 6.45) is 0. The van der Waals surface area contributed by atoms with Gasteiger partial charge in [-0.05, 0) is 24.1 Å². The first-order chi connectivity index (χ1) is 5.66. The maximum Gasteiger partial charge on any atom is 0.168 e. The minimum atomic E-state index is -1.10. The summed E-state index contributed by atoms with van der Waals surface area (Å²) in [5.41, 5.74) is 7.84. The number of hydrogen-bond acceptors (Lipinski definition) is 1. The molecule has 0 unspecified atom stereocenters. The lowest BCUT2D eigenvalue weighted by atomic mass is 10.2. The summed E-state index contributed by atoms with van der Waals surface area (Å²) >= 11 is 0. The molecule has 0 spiro atoms. The maximum atomic E-state index is 12.8. The average Bonchev–Trinajstić information content (AvgIpc) is 2.07. The van der Waals surface area contributed by atoms with Crippen LogP contribution in [0.3, 0.4) is 0 Å². The fourth-order valence-corrected chi connectivity index (χ4v) is 0.761. The Morgan fingerprint density at radius 3 is 2.58 bits per heavy atom. The Kier molecular flexibility index (Phi) is 2.26. The highest BCUT2D eigenvalue weighted by atomic mass is 19.2. The third kappa shape index (κ3) is 1.35. The van der Waals surface area contributed by atoms with Crippen molar-refractivity contribution in [3.05, 3.63) is 39.8 Å². The number of aryl methyl sites for hydroxylation is 1. The van der Waals surface area contributed by atoms with Crippen LogP contribution in [-0.4, -0.2) is 0 Å². The fraction of sp³-hybridized carbons (Fsp3) is 0.143. The third-order valence-corrected chi connectivity index (χ3v) is 1.41. The minimum absolute atomic E-state index is 0.185. The first kappa shape index (κ1) is 8.49. The summed E-state index contributed by atoms with van der Waals surface area (Å²) in [5, 5.41) is 2.97. The monoisotopic (exact) mass is 169 g/mol. The van der Waals surface area contributed by atoms with Crippen molar-refractivity contribution in [2.45, 2.75) is 6.92 Å². The smallest absolute Gasteiger partial charge is 0.168 e. The molecule has 0 atom stereocenters. The Bertz CT molecular complexity index is 356. The Morgan fingerprint density at radius 1 is 1.33 bits per heavy atom. The van der Waals surface area contributed by atoms with Gasteiger partial charge in [-0.3, -0.25) is 0 Å². The van der Waals surface area contributed by atoms with Crippen LogP contribution in [0.2, 0.25) is 0 Å². The molecule has 0 radical (unpaired) electrons. The first-order valence-electron chi connectivity index (χ1n) is 3.16. The molecule has 1 aromatic carbocycles. The van der Waals surface area contributed by atoms with Crippen LogP contribution in [0, 0.1) is 18.6 Å². The van der Waals surface area contributed by atoms with Gasteiger partial charge in [-0.15, -0.1) is 0 Å². The standard InChI is InChI=1S/C7H5F2N3/c1-4-2-3-5(11-12-10)7(9)6(4)8/h2-3H,1H3. The van der Waals surface area contributed by atoms with Gasteiger partial charge in [0.25, 0.3) is 0 Å². The zero-order valence-corrected chi connectivity index (χ0v) is 6.25. The molecule has 0 bridgehead atoms. The lowest BCUT2D eigenvalue weighted by Crippen LogP contribution is -1.87. The Hall–Kier alpha value is -1.61. The van der Waals surface area contributed by atoms with Crippen LogP contribution in [0.25, 0.3) is 10.4 Å². The van der Waals surface area contributed by atoms with Crippen LogP contribution >= 0.6 is 0 Å². The maximum absolute atomic E-state index is 12.8. The molecular formula is C7H5F2N3.